The first-order valence-electron chi connectivity index (χ1n) is 6.78. The summed E-state index contributed by atoms with van der Waals surface area (Å²) in [7, 11) is 0. The van der Waals surface area contributed by atoms with Crippen LogP contribution in [0.3, 0.4) is 0 Å². The number of nitrogens with zero attached hydrogens (tertiary/aromatic N) is 3. The van der Waals surface area contributed by atoms with Gasteiger partial charge in [-0.25, -0.2) is 0 Å². The summed E-state index contributed by atoms with van der Waals surface area (Å²) in [5.41, 5.74) is -0.0588. The molecule has 3 heterocycles. The molecule has 3 rings (SSSR count). The zero-order valence-corrected chi connectivity index (χ0v) is 12.7. The maximum atomic E-state index is 5.33. The average molecular weight is 287 g/mol. The second-order valence-corrected chi connectivity index (χ2v) is 6.64. The highest BCUT2D eigenvalue weighted by Gasteiger charge is 2.36. The molecule has 0 unspecified atom stereocenters. The summed E-state index contributed by atoms with van der Waals surface area (Å²) in [6.07, 6.45) is 0. The summed E-state index contributed by atoms with van der Waals surface area (Å²) < 4.78 is 5.33. The number of aromatic nitrogens is 2. The first kappa shape index (κ1) is 14.8. The minimum absolute atomic E-state index is 0. The fourth-order valence-electron chi connectivity index (χ4n) is 2.90. The molecule has 2 saturated heterocycles. The van der Waals surface area contributed by atoms with Crippen LogP contribution >= 0.6 is 12.4 Å². The molecule has 1 aromatic rings. The Kier molecular flexibility index (Phi) is 4.18. The summed E-state index contributed by atoms with van der Waals surface area (Å²) in [6.45, 7) is 11.8. The topological polar surface area (TPSA) is 54.2 Å². The third-order valence-corrected chi connectivity index (χ3v) is 3.94. The van der Waals surface area contributed by atoms with Gasteiger partial charge in [0.2, 0.25) is 5.89 Å². The second kappa shape index (κ2) is 5.38. The summed E-state index contributed by atoms with van der Waals surface area (Å²) in [6, 6.07) is 0. The number of rotatable bonds is 2. The fraction of sp³-hybridized carbons (Fsp3) is 0.846. The molecular weight excluding hydrogens is 264 g/mol. The quantitative estimate of drug-likeness (QED) is 0.892. The molecule has 6 heteroatoms. The van der Waals surface area contributed by atoms with E-state index in [-0.39, 0.29) is 17.8 Å². The van der Waals surface area contributed by atoms with Crippen molar-refractivity contribution in [2.75, 3.05) is 26.2 Å². The summed E-state index contributed by atoms with van der Waals surface area (Å²) in [4.78, 5) is 6.96. The Morgan fingerprint density at radius 1 is 1.26 bits per heavy atom. The van der Waals surface area contributed by atoms with Gasteiger partial charge in [0.25, 0.3) is 0 Å². The van der Waals surface area contributed by atoms with Crippen molar-refractivity contribution >= 4 is 12.4 Å². The normalized spacial score (nSPS) is 27.3. The number of halogens is 1. The van der Waals surface area contributed by atoms with E-state index in [2.05, 4.69) is 41.1 Å². The molecule has 0 saturated carbocycles. The highest BCUT2D eigenvalue weighted by Crippen LogP contribution is 2.27. The molecular formula is C13H23ClN4O. The van der Waals surface area contributed by atoms with Crippen LogP contribution in [-0.4, -0.2) is 41.2 Å². The van der Waals surface area contributed by atoms with E-state index in [0.29, 0.717) is 0 Å². The fourth-order valence-corrected chi connectivity index (χ4v) is 2.90. The van der Waals surface area contributed by atoms with Crippen LogP contribution in [0, 0.1) is 11.8 Å². The van der Waals surface area contributed by atoms with Crippen molar-refractivity contribution in [1.82, 2.24) is 20.4 Å². The molecule has 1 N–H and O–H groups in total. The van der Waals surface area contributed by atoms with Crippen LogP contribution in [0.1, 0.15) is 32.5 Å². The van der Waals surface area contributed by atoms with E-state index in [0.717, 1.165) is 43.2 Å². The van der Waals surface area contributed by atoms with Gasteiger partial charge in [-0.05, 0) is 24.9 Å². The predicted molar refractivity (Wildman–Crippen MR) is 75.4 cm³/mol. The highest BCUT2D eigenvalue weighted by molar-refractivity contribution is 5.85. The highest BCUT2D eigenvalue weighted by atomic mass is 35.5. The smallest absolute Gasteiger partial charge is 0.232 e. The van der Waals surface area contributed by atoms with Gasteiger partial charge in [0.05, 0.1) is 6.54 Å². The number of nitrogens with one attached hydrogen (secondary N) is 1. The number of hydrogen-bond acceptors (Lipinski definition) is 5. The first-order chi connectivity index (χ1) is 8.52. The molecule has 0 aliphatic carbocycles. The second-order valence-electron chi connectivity index (χ2n) is 6.64. The van der Waals surface area contributed by atoms with Gasteiger partial charge >= 0.3 is 0 Å². The number of likely N-dealkylation sites (tertiary alicyclic amines) is 1. The van der Waals surface area contributed by atoms with Crippen LogP contribution in [0.25, 0.3) is 0 Å². The molecule has 108 valence electrons. The Hall–Kier alpha value is -0.650. The van der Waals surface area contributed by atoms with Gasteiger partial charge in [0.15, 0.2) is 5.82 Å². The Balaban J connectivity index is 0.00000133. The SMILES string of the molecule is CC(C)(C)c1nc(CN2C[C@H]3CNC[C@H]3C2)no1.Cl. The third kappa shape index (κ3) is 3.09. The molecule has 0 spiro atoms. The molecule has 2 atom stereocenters. The lowest BCUT2D eigenvalue weighted by Gasteiger charge is -2.14. The molecule has 0 bridgehead atoms. The van der Waals surface area contributed by atoms with Gasteiger partial charge in [-0.3, -0.25) is 4.90 Å². The van der Waals surface area contributed by atoms with Crippen LogP contribution in [0.2, 0.25) is 0 Å². The maximum absolute atomic E-state index is 5.33. The third-order valence-electron chi connectivity index (χ3n) is 3.94. The maximum Gasteiger partial charge on any atom is 0.232 e. The van der Waals surface area contributed by atoms with E-state index in [1.807, 2.05) is 0 Å². The van der Waals surface area contributed by atoms with Crippen LogP contribution in [-0.2, 0) is 12.0 Å². The van der Waals surface area contributed by atoms with Crippen LogP contribution in [0.4, 0.5) is 0 Å². The zero-order chi connectivity index (χ0) is 12.8. The zero-order valence-electron chi connectivity index (χ0n) is 11.8. The van der Waals surface area contributed by atoms with Crippen molar-refractivity contribution in [3.05, 3.63) is 11.7 Å². The summed E-state index contributed by atoms with van der Waals surface area (Å²) in [5, 5.41) is 7.55. The van der Waals surface area contributed by atoms with E-state index in [4.69, 9.17) is 4.52 Å². The minimum Gasteiger partial charge on any atom is -0.339 e. The molecule has 2 aliphatic heterocycles. The van der Waals surface area contributed by atoms with Crippen molar-refractivity contribution in [3.63, 3.8) is 0 Å². The lowest BCUT2D eigenvalue weighted by atomic mass is 9.97. The van der Waals surface area contributed by atoms with Gasteiger partial charge in [0.1, 0.15) is 0 Å². The lowest BCUT2D eigenvalue weighted by Crippen LogP contribution is -2.26. The van der Waals surface area contributed by atoms with Gasteiger partial charge in [-0.15, -0.1) is 12.4 Å². The molecule has 0 radical (unpaired) electrons. The molecule has 2 aliphatic rings. The Labute approximate surface area is 120 Å². The molecule has 0 amide bonds. The molecule has 2 fully saturated rings. The van der Waals surface area contributed by atoms with Crippen LogP contribution in [0.15, 0.2) is 4.52 Å². The van der Waals surface area contributed by atoms with Crippen molar-refractivity contribution < 1.29 is 4.52 Å². The largest absolute Gasteiger partial charge is 0.339 e. The van der Waals surface area contributed by atoms with Gasteiger partial charge in [-0.1, -0.05) is 25.9 Å². The molecule has 1 aromatic heterocycles. The predicted octanol–water partition coefficient (Wildman–Crippen LogP) is 1.44. The van der Waals surface area contributed by atoms with E-state index in [9.17, 15) is 0 Å². The van der Waals surface area contributed by atoms with Crippen LogP contribution in [0.5, 0.6) is 0 Å². The lowest BCUT2D eigenvalue weighted by molar-refractivity contribution is 0.284. The number of hydrogen-bond donors (Lipinski definition) is 1. The monoisotopic (exact) mass is 286 g/mol. The summed E-state index contributed by atoms with van der Waals surface area (Å²) in [5.74, 6) is 3.20. The van der Waals surface area contributed by atoms with E-state index in [1.165, 1.54) is 13.1 Å². The van der Waals surface area contributed by atoms with E-state index in [1.54, 1.807) is 0 Å². The van der Waals surface area contributed by atoms with Crippen molar-refractivity contribution in [2.45, 2.75) is 32.7 Å². The van der Waals surface area contributed by atoms with Gasteiger partial charge < -0.3 is 9.84 Å². The van der Waals surface area contributed by atoms with Crippen molar-refractivity contribution in [3.8, 4) is 0 Å². The summed E-state index contributed by atoms with van der Waals surface area (Å²) >= 11 is 0. The minimum atomic E-state index is -0.0588. The van der Waals surface area contributed by atoms with E-state index >= 15 is 0 Å². The number of fused-ring (bicyclic) bond motifs is 1. The average Bonchev–Trinajstić information content (AvgIpc) is 2.90. The molecule has 5 nitrogen and oxygen atoms in total. The van der Waals surface area contributed by atoms with Gasteiger partial charge in [-0.2, -0.15) is 4.98 Å². The van der Waals surface area contributed by atoms with E-state index < -0.39 is 0 Å². The molecule has 19 heavy (non-hydrogen) atoms. The Bertz CT molecular complexity index is 417. The Morgan fingerprint density at radius 3 is 2.42 bits per heavy atom. The molecule has 0 aromatic carbocycles. The van der Waals surface area contributed by atoms with Crippen molar-refractivity contribution in [1.29, 1.82) is 0 Å². The first-order valence-corrected chi connectivity index (χ1v) is 6.78. The van der Waals surface area contributed by atoms with Crippen molar-refractivity contribution in [2.24, 2.45) is 11.8 Å². The van der Waals surface area contributed by atoms with Crippen LogP contribution < -0.4 is 5.32 Å². The van der Waals surface area contributed by atoms with Gasteiger partial charge in [0, 0.05) is 18.5 Å². The standard InChI is InChI=1S/C13H22N4O.ClH/c1-13(2,3)12-15-11(16-18-12)8-17-6-9-4-14-5-10(9)7-17;/h9-10,14H,4-8H2,1-3H3;1H/t9-,10+;. The Morgan fingerprint density at radius 2 is 1.89 bits per heavy atom.